The molecule has 0 aromatic heterocycles. The van der Waals surface area contributed by atoms with Crippen LogP contribution in [0.4, 0.5) is 10.5 Å². The number of piperidine rings is 1. The number of hydrogen-bond acceptors (Lipinski definition) is 3. The van der Waals surface area contributed by atoms with Crippen LogP contribution in [0.2, 0.25) is 5.02 Å². The molecule has 1 fully saturated rings. The first-order chi connectivity index (χ1) is 12.6. The monoisotopic (exact) mass is 368 g/mol. The molecule has 134 valence electrons. The third-order valence-corrected chi connectivity index (χ3v) is 4.74. The summed E-state index contributed by atoms with van der Waals surface area (Å²) in [7, 11) is 0. The number of halogens is 1. The SMILES string of the molecule is N#Cc1cccc(NC(=O)NC2CCN(Cc3ccc(Cl)cc3)CC2)c1. The van der Waals surface area contributed by atoms with E-state index in [1.807, 2.05) is 12.1 Å². The van der Waals surface area contributed by atoms with Gasteiger partial charge in [-0.15, -0.1) is 0 Å². The van der Waals surface area contributed by atoms with E-state index >= 15 is 0 Å². The summed E-state index contributed by atoms with van der Waals surface area (Å²) in [5.74, 6) is 0. The number of nitrogens with zero attached hydrogens (tertiary/aromatic N) is 2. The van der Waals surface area contributed by atoms with Crippen molar-refractivity contribution in [3.63, 3.8) is 0 Å². The Morgan fingerprint density at radius 2 is 1.92 bits per heavy atom. The summed E-state index contributed by atoms with van der Waals surface area (Å²) in [4.78, 5) is 14.5. The van der Waals surface area contributed by atoms with Gasteiger partial charge in [-0.2, -0.15) is 5.26 Å². The Balaban J connectivity index is 1.44. The van der Waals surface area contributed by atoms with Gasteiger partial charge in [0.05, 0.1) is 11.6 Å². The highest BCUT2D eigenvalue weighted by Crippen LogP contribution is 2.16. The topological polar surface area (TPSA) is 68.2 Å². The van der Waals surface area contributed by atoms with Crippen LogP contribution < -0.4 is 10.6 Å². The van der Waals surface area contributed by atoms with E-state index < -0.39 is 0 Å². The average Bonchev–Trinajstić information content (AvgIpc) is 2.65. The van der Waals surface area contributed by atoms with E-state index in [0.717, 1.165) is 37.5 Å². The third kappa shape index (κ3) is 5.22. The van der Waals surface area contributed by atoms with E-state index in [9.17, 15) is 4.79 Å². The van der Waals surface area contributed by atoms with Crippen LogP contribution >= 0.6 is 11.6 Å². The van der Waals surface area contributed by atoms with E-state index in [-0.39, 0.29) is 12.1 Å². The molecule has 2 aromatic rings. The second kappa shape index (κ2) is 8.70. The van der Waals surface area contributed by atoms with Crippen molar-refractivity contribution in [2.45, 2.75) is 25.4 Å². The number of benzene rings is 2. The Hall–Kier alpha value is -2.55. The number of carbonyl (C=O) groups is 1. The molecular weight excluding hydrogens is 348 g/mol. The summed E-state index contributed by atoms with van der Waals surface area (Å²) in [6, 6.07) is 16.8. The lowest BCUT2D eigenvalue weighted by Crippen LogP contribution is -2.45. The third-order valence-electron chi connectivity index (χ3n) is 4.49. The minimum absolute atomic E-state index is 0.163. The number of carbonyl (C=O) groups excluding carboxylic acids is 1. The van der Waals surface area contributed by atoms with E-state index in [1.54, 1.807) is 24.3 Å². The molecule has 2 amide bonds. The number of likely N-dealkylation sites (tertiary alicyclic amines) is 1. The van der Waals surface area contributed by atoms with Crippen molar-refractivity contribution in [3.8, 4) is 6.07 Å². The fraction of sp³-hybridized carbons (Fsp3) is 0.300. The molecule has 26 heavy (non-hydrogen) atoms. The number of urea groups is 1. The Labute approximate surface area is 158 Å². The van der Waals surface area contributed by atoms with Gasteiger partial charge in [-0.1, -0.05) is 29.8 Å². The molecule has 0 saturated carbocycles. The first-order valence-electron chi connectivity index (χ1n) is 8.67. The first-order valence-corrected chi connectivity index (χ1v) is 9.04. The zero-order chi connectivity index (χ0) is 18.4. The minimum Gasteiger partial charge on any atom is -0.335 e. The van der Waals surface area contributed by atoms with Gasteiger partial charge in [0, 0.05) is 36.4 Å². The molecule has 6 heteroatoms. The average molecular weight is 369 g/mol. The lowest BCUT2D eigenvalue weighted by atomic mass is 10.0. The van der Waals surface area contributed by atoms with Gasteiger partial charge >= 0.3 is 6.03 Å². The number of anilines is 1. The van der Waals surface area contributed by atoms with Crippen LogP contribution in [0.3, 0.4) is 0 Å². The molecule has 3 rings (SSSR count). The Morgan fingerprint density at radius 1 is 1.19 bits per heavy atom. The molecule has 0 bridgehead atoms. The molecule has 0 aliphatic carbocycles. The van der Waals surface area contributed by atoms with Gasteiger partial charge in [-0.05, 0) is 48.7 Å². The number of nitriles is 1. The first kappa shape index (κ1) is 18.2. The van der Waals surface area contributed by atoms with Crippen molar-refractivity contribution in [1.82, 2.24) is 10.2 Å². The van der Waals surface area contributed by atoms with Crippen LogP contribution in [0.15, 0.2) is 48.5 Å². The number of rotatable bonds is 4. The molecule has 1 aliphatic heterocycles. The summed E-state index contributed by atoms with van der Waals surface area (Å²) in [6.45, 7) is 2.78. The molecule has 0 spiro atoms. The smallest absolute Gasteiger partial charge is 0.319 e. The maximum absolute atomic E-state index is 12.2. The van der Waals surface area contributed by atoms with E-state index in [0.29, 0.717) is 11.3 Å². The van der Waals surface area contributed by atoms with Crippen molar-refractivity contribution in [2.75, 3.05) is 18.4 Å². The molecule has 0 unspecified atom stereocenters. The molecule has 0 radical (unpaired) electrons. The summed E-state index contributed by atoms with van der Waals surface area (Å²) in [5.41, 5.74) is 2.40. The van der Waals surface area contributed by atoms with Crippen molar-refractivity contribution in [1.29, 1.82) is 5.26 Å². The predicted molar refractivity (Wildman–Crippen MR) is 103 cm³/mol. The van der Waals surface area contributed by atoms with Crippen LogP contribution in [0.1, 0.15) is 24.0 Å². The molecule has 2 N–H and O–H groups in total. The fourth-order valence-corrected chi connectivity index (χ4v) is 3.23. The number of hydrogen-bond donors (Lipinski definition) is 2. The van der Waals surface area contributed by atoms with Crippen LogP contribution in [-0.4, -0.2) is 30.1 Å². The Bertz CT molecular complexity index is 792. The zero-order valence-electron chi connectivity index (χ0n) is 14.4. The van der Waals surface area contributed by atoms with E-state index in [4.69, 9.17) is 16.9 Å². The van der Waals surface area contributed by atoms with Crippen molar-refractivity contribution in [3.05, 3.63) is 64.7 Å². The van der Waals surface area contributed by atoms with Crippen LogP contribution in [0.25, 0.3) is 0 Å². The minimum atomic E-state index is -0.226. The Kier molecular flexibility index (Phi) is 6.11. The molecule has 1 heterocycles. The van der Waals surface area contributed by atoms with Gasteiger partial charge in [-0.25, -0.2) is 4.79 Å². The van der Waals surface area contributed by atoms with Gasteiger partial charge < -0.3 is 10.6 Å². The van der Waals surface area contributed by atoms with Gasteiger partial charge in [-0.3, -0.25) is 4.90 Å². The zero-order valence-corrected chi connectivity index (χ0v) is 15.2. The second-order valence-electron chi connectivity index (χ2n) is 6.47. The predicted octanol–water partition coefficient (Wildman–Crippen LogP) is 4.00. The summed E-state index contributed by atoms with van der Waals surface area (Å²) >= 11 is 5.92. The van der Waals surface area contributed by atoms with Gasteiger partial charge in [0.25, 0.3) is 0 Å². The summed E-state index contributed by atoms with van der Waals surface area (Å²) < 4.78 is 0. The van der Waals surface area contributed by atoms with Gasteiger partial charge in [0.15, 0.2) is 0 Å². The highest BCUT2D eigenvalue weighted by molar-refractivity contribution is 6.30. The van der Waals surface area contributed by atoms with Crippen LogP contribution in [-0.2, 0) is 6.54 Å². The fourth-order valence-electron chi connectivity index (χ4n) is 3.10. The standard InChI is InChI=1S/C20H21ClN4O/c21-17-6-4-15(5-7-17)14-25-10-8-18(9-11-25)23-20(26)24-19-3-1-2-16(12-19)13-22/h1-7,12,18H,8-11,14H2,(H2,23,24,26). The highest BCUT2D eigenvalue weighted by Gasteiger charge is 2.20. The number of amides is 2. The lowest BCUT2D eigenvalue weighted by Gasteiger charge is -2.32. The molecule has 1 saturated heterocycles. The largest absolute Gasteiger partial charge is 0.335 e. The van der Waals surface area contributed by atoms with Crippen molar-refractivity contribution < 1.29 is 4.79 Å². The maximum atomic E-state index is 12.2. The second-order valence-corrected chi connectivity index (χ2v) is 6.90. The van der Waals surface area contributed by atoms with Crippen LogP contribution in [0, 0.1) is 11.3 Å². The molecule has 5 nitrogen and oxygen atoms in total. The van der Waals surface area contributed by atoms with E-state index in [2.05, 4.69) is 33.7 Å². The summed E-state index contributed by atoms with van der Waals surface area (Å²) in [5, 5.41) is 15.5. The van der Waals surface area contributed by atoms with Crippen molar-refractivity contribution >= 4 is 23.3 Å². The van der Waals surface area contributed by atoms with Gasteiger partial charge in [0.1, 0.15) is 0 Å². The van der Waals surface area contributed by atoms with Crippen LogP contribution in [0.5, 0.6) is 0 Å². The summed E-state index contributed by atoms with van der Waals surface area (Å²) in [6.07, 6.45) is 1.83. The molecule has 2 aromatic carbocycles. The van der Waals surface area contributed by atoms with Gasteiger partial charge in [0.2, 0.25) is 0 Å². The van der Waals surface area contributed by atoms with E-state index in [1.165, 1.54) is 5.56 Å². The Morgan fingerprint density at radius 3 is 2.62 bits per heavy atom. The van der Waals surface area contributed by atoms with Crippen molar-refractivity contribution in [2.24, 2.45) is 0 Å². The number of nitrogens with one attached hydrogen (secondary N) is 2. The lowest BCUT2D eigenvalue weighted by molar-refractivity contribution is 0.190. The highest BCUT2D eigenvalue weighted by atomic mass is 35.5. The quantitative estimate of drug-likeness (QED) is 0.857. The molecule has 0 atom stereocenters. The molecule has 1 aliphatic rings. The normalized spacial score (nSPS) is 15.2. The maximum Gasteiger partial charge on any atom is 0.319 e. The molecular formula is C20H21ClN4O.